The van der Waals surface area contributed by atoms with Crippen LogP contribution >= 0.6 is 0 Å². The van der Waals surface area contributed by atoms with Crippen molar-refractivity contribution in [2.24, 2.45) is 0 Å². The quantitative estimate of drug-likeness (QED) is 0.574. The van der Waals surface area contributed by atoms with E-state index in [9.17, 15) is 8.42 Å². The molecule has 164 valence electrons. The van der Waals surface area contributed by atoms with Gasteiger partial charge in [0.25, 0.3) is 0 Å². The lowest BCUT2D eigenvalue weighted by molar-refractivity contribution is 0.179. The van der Waals surface area contributed by atoms with E-state index in [1.165, 1.54) is 0 Å². The van der Waals surface area contributed by atoms with Crippen LogP contribution in [0.4, 0.5) is 0 Å². The fourth-order valence-corrected chi connectivity index (χ4v) is 5.21. The van der Waals surface area contributed by atoms with Gasteiger partial charge in [-0.15, -0.1) is 0 Å². The number of aromatic nitrogens is 1. The number of sulfonamides is 1. The summed E-state index contributed by atoms with van der Waals surface area (Å²) in [6, 6.07) is 17.1. The zero-order valence-corrected chi connectivity index (χ0v) is 19.1. The van der Waals surface area contributed by atoms with Gasteiger partial charge < -0.3 is 4.42 Å². The van der Waals surface area contributed by atoms with Crippen molar-refractivity contribution in [3.8, 4) is 11.5 Å². The molecule has 0 N–H and O–H groups in total. The van der Waals surface area contributed by atoms with Gasteiger partial charge in [-0.25, -0.2) is 13.4 Å². The average molecular weight is 440 g/mol. The van der Waals surface area contributed by atoms with Crippen molar-refractivity contribution in [3.05, 3.63) is 71.6 Å². The van der Waals surface area contributed by atoms with Gasteiger partial charge >= 0.3 is 0 Å². The normalized spacial score (nSPS) is 16.1. The van der Waals surface area contributed by atoms with Crippen LogP contribution in [0.2, 0.25) is 0 Å². The Labute approximate surface area is 184 Å². The molecule has 1 saturated heterocycles. The van der Waals surface area contributed by atoms with Crippen molar-refractivity contribution < 1.29 is 12.8 Å². The zero-order chi connectivity index (χ0) is 22.0. The molecule has 2 aromatic carbocycles. The maximum Gasteiger partial charge on any atom is 0.243 e. The molecule has 1 aliphatic heterocycles. The third-order valence-electron chi connectivity index (χ3n) is 5.80. The molecule has 1 aromatic heterocycles. The van der Waals surface area contributed by atoms with Crippen LogP contribution in [-0.4, -0.2) is 48.8 Å². The Morgan fingerprint density at radius 2 is 1.61 bits per heavy atom. The van der Waals surface area contributed by atoms with Crippen molar-refractivity contribution in [2.75, 3.05) is 26.2 Å². The average Bonchev–Trinajstić information content (AvgIpc) is 3.15. The molecule has 0 saturated carbocycles. The van der Waals surface area contributed by atoms with E-state index in [0.717, 1.165) is 22.6 Å². The number of benzene rings is 2. The van der Waals surface area contributed by atoms with Crippen LogP contribution in [0.15, 0.2) is 63.9 Å². The Kier molecular flexibility index (Phi) is 6.27. The molecule has 0 atom stereocenters. The third-order valence-corrected chi connectivity index (χ3v) is 7.72. The molecular formula is C24H29N3O3S. The summed E-state index contributed by atoms with van der Waals surface area (Å²) in [5.41, 5.74) is 3.00. The summed E-state index contributed by atoms with van der Waals surface area (Å²) in [5, 5.41) is 0. The maximum absolute atomic E-state index is 13.0. The molecular weight excluding hydrogens is 410 g/mol. The smallest absolute Gasteiger partial charge is 0.243 e. The summed E-state index contributed by atoms with van der Waals surface area (Å²) in [4.78, 5) is 7.27. The number of hydrogen-bond acceptors (Lipinski definition) is 5. The fraction of sp³-hybridized carbons (Fsp3) is 0.375. The molecule has 0 aliphatic carbocycles. The standard InChI is InChI=1S/C24H29N3O3S/c1-18(2)20-9-11-22(12-10-20)31(28,29)27-15-13-26(14-16-27)17-23-19(3)30-24(25-23)21-7-5-4-6-8-21/h4-12,18H,13-17H2,1-3H3. The van der Waals surface area contributed by atoms with Gasteiger partial charge in [0.15, 0.2) is 0 Å². The Morgan fingerprint density at radius 1 is 0.968 bits per heavy atom. The van der Waals surface area contributed by atoms with Crippen LogP contribution < -0.4 is 0 Å². The summed E-state index contributed by atoms with van der Waals surface area (Å²) in [6.45, 7) is 9.04. The van der Waals surface area contributed by atoms with Gasteiger partial charge in [-0.3, -0.25) is 4.90 Å². The number of nitrogens with zero attached hydrogens (tertiary/aromatic N) is 3. The third kappa shape index (κ3) is 4.74. The maximum atomic E-state index is 13.0. The number of hydrogen-bond donors (Lipinski definition) is 0. The van der Waals surface area contributed by atoms with E-state index in [1.54, 1.807) is 16.4 Å². The van der Waals surface area contributed by atoms with E-state index in [0.29, 0.717) is 49.4 Å². The van der Waals surface area contributed by atoms with Gasteiger partial charge in [-0.1, -0.05) is 44.2 Å². The second-order valence-corrected chi connectivity index (χ2v) is 10.2. The van der Waals surface area contributed by atoms with E-state index in [4.69, 9.17) is 4.42 Å². The minimum absolute atomic E-state index is 0.366. The predicted octanol–water partition coefficient (Wildman–Crippen LogP) is 4.28. The lowest BCUT2D eigenvalue weighted by atomic mass is 10.0. The number of piperazine rings is 1. The molecule has 0 radical (unpaired) electrons. The van der Waals surface area contributed by atoms with Gasteiger partial charge in [0.2, 0.25) is 15.9 Å². The SMILES string of the molecule is Cc1oc(-c2ccccc2)nc1CN1CCN(S(=O)(=O)c2ccc(C(C)C)cc2)CC1. The molecule has 1 fully saturated rings. The van der Waals surface area contributed by atoms with Crippen LogP contribution in [0.5, 0.6) is 0 Å². The highest BCUT2D eigenvalue weighted by Gasteiger charge is 2.29. The summed E-state index contributed by atoms with van der Waals surface area (Å²) in [5.74, 6) is 1.81. The Morgan fingerprint density at radius 3 is 2.23 bits per heavy atom. The van der Waals surface area contributed by atoms with E-state index >= 15 is 0 Å². The molecule has 31 heavy (non-hydrogen) atoms. The molecule has 6 nitrogen and oxygen atoms in total. The molecule has 0 spiro atoms. The van der Waals surface area contributed by atoms with Gasteiger partial charge in [-0.05, 0) is 42.7 Å². The highest BCUT2D eigenvalue weighted by Crippen LogP contribution is 2.24. The summed E-state index contributed by atoms with van der Waals surface area (Å²) in [7, 11) is -3.47. The number of rotatable bonds is 6. The van der Waals surface area contributed by atoms with Crippen LogP contribution in [0, 0.1) is 6.92 Å². The van der Waals surface area contributed by atoms with Gasteiger partial charge in [0.05, 0.1) is 10.6 Å². The second-order valence-electron chi connectivity index (χ2n) is 8.29. The van der Waals surface area contributed by atoms with Crippen LogP contribution in [0.3, 0.4) is 0 Å². The van der Waals surface area contributed by atoms with E-state index in [1.807, 2.05) is 49.4 Å². The van der Waals surface area contributed by atoms with Crippen LogP contribution in [0.1, 0.15) is 36.8 Å². The number of aryl methyl sites for hydroxylation is 1. The van der Waals surface area contributed by atoms with E-state index in [-0.39, 0.29) is 0 Å². The topological polar surface area (TPSA) is 66.7 Å². The predicted molar refractivity (Wildman–Crippen MR) is 121 cm³/mol. The summed E-state index contributed by atoms with van der Waals surface area (Å²) >= 11 is 0. The molecule has 7 heteroatoms. The molecule has 0 unspecified atom stereocenters. The zero-order valence-electron chi connectivity index (χ0n) is 18.3. The van der Waals surface area contributed by atoms with Crippen LogP contribution in [0.25, 0.3) is 11.5 Å². The fourth-order valence-electron chi connectivity index (χ4n) is 3.79. The molecule has 1 aliphatic rings. The van der Waals surface area contributed by atoms with Crippen molar-refractivity contribution in [3.63, 3.8) is 0 Å². The highest BCUT2D eigenvalue weighted by atomic mass is 32.2. The minimum Gasteiger partial charge on any atom is -0.441 e. The second kappa shape index (κ2) is 8.94. The van der Waals surface area contributed by atoms with Gasteiger partial charge in [-0.2, -0.15) is 4.31 Å². The van der Waals surface area contributed by atoms with Gasteiger partial charge in [0.1, 0.15) is 5.76 Å². The van der Waals surface area contributed by atoms with Crippen molar-refractivity contribution in [1.29, 1.82) is 0 Å². The first-order valence-electron chi connectivity index (χ1n) is 10.7. The summed E-state index contributed by atoms with van der Waals surface area (Å²) < 4.78 is 33.5. The summed E-state index contributed by atoms with van der Waals surface area (Å²) in [6.07, 6.45) is 0. The number of oxazole rings is 1. The Bertz CT molecular complexity index is 1110. The van der Waals surface area contributed by atoms with E-state index < -0.39 is 10.0 Å². The molecule has 0 amide bonds. The Balaban J connectivity index is 1.39. The first-order chi connectivity index (χ1) is 14.8. The van der Waals surface area contributed by atoms with Gasteiger partial charge in [0, 0.05) is 38.3 Å². The van der Waals surface area contributed by atoms with Crippen LogP contribution in [-0.2, 0) is 16.6 Å². The monoisotopic (exact) mass is 439 g/mol. The first-order valence-corrected chi connectivity index (χ1v) is 12.1. The van der Waals surface area contributed by atoms with E-state index in [2.05, 4.69) is 23.7 Å². The minimum atomic E-state index is -3.47. The molecule has 0 bridgehead atoms. The lowest BCUT2D eigenvalue weighted by Gasteiger charge is -2.33. The Hall–Kier alpha value is -2.48. The first kappa shape index (κ1) is 21.7. The lowest BCUT2D eigenvalue weighted by Crippen LogP contribution is -2.48. The largest absolute Gasteiger partial charge is 0.441 e. The van der Waals surface area contributed by atoms with Crippen molar-refractivity contribution in [1.82, 2.24) is 14.2 Å². The highest BCUT2D eigenvalue weighted by molar-refractivity contribution is 7.89. The van der Waals surface area contributed by atoms with Crippen molar-refractivity contribution >= 4 is 10.0 Å². The molecule has 3 aromatic rings. The molecule has 4 rings (SSSR count). The molecule has 2 heterocycles. The van der Waals surface area contributed by atoms with Crippen molar-refractivity contribution in [2.45, 2.75) is 38.1 Å².